The molecule has 0 atom stereocenters. The van der Waals surface area contributed by atoms with Crippen LogP contribution in [0.25, 0.3) is 0 Å². The highest BCUT2D eigenvalue weighted by molar-refractivity contribution is 7.11. The summed E-state index contributed by atoms with van der Waals surface area (Å²) in [6.45, 7) is 10.8. The second-order valence-electron chi connectivity index (χ2n) is 4.51. The van der Waals surface area contributed by atoms with E-state index < -0.39 is 0 Å². The molecule has 94 valence electrons. The molecule has 0 N–H and O–H groups in total. The van der Waals surface area contributed by atoms with Gasteiger partial charge in [-0.15, -0.1) is 11.3 Å². The largest absolute Gasteiger partial charge is 0.146 e. The monoisotopic (exact) mass is 240 g/mol. The lowest BCUT2D eigenvalue weighted by atomic mass is 10.0. The van der Waals surface area contributed by atoms with E-state index in [-0.39, 0.29) is 0 Å². The number of aryl methyl sites for hydroxylation is 2. The van der Waals surface area contributed by atoms with Crippen LogP contribution < -0.4 is 0 Å². The summed E-state index contributed by atoms with van der Waals surface area (Å²) >= 11 is 1.95. The molecule has 0 aromatic carbocycles. The van der Waals surface area contributed by atoms with Gasteiger partial charge in [0.05, 0.1) is 0 Å². The molecule has 0 radical (unpaired) electrons. The summed E-state index contributed by atoms with van der Waals surface area (Å²) in [5.41, 5.74) is 0. The van der Waals surface area contributed by atoms with Crippen LogP contribution in [0.1, 0.15) is 63.1 Å². The molecule has 0 saturated carbocycles. The molecule has 0 amide bonds. The van der Waals surface area contributed by atoms with Crippen molar-refractivity contribution in [1.82, 2.24) is 0 Å². The normalized spacial score (nSPS) is 10.1. The first kappa shape index (κ1) is 15.7. The van der Waals surface area contributed by atoms with Crippen molar-refractivity contribution in [1.29, 1.82) is 0 Å². The molecule has 1 aromatic heterocycles. The number of rotatable bonds is 6. The summed E-state index contributed by atoms with van der Waals surface area (Å²) < 4.78 is 0. The number of thiophene rings is 1. The van der Waals surface area contributed by atoms with Gasteiger partial charge in [-0.25, -0.2) is 0 Å². The Morgan fingerprint density at radius 1 is 1.06 bits per heavy atom. The van der Waals surface area contributed by atoms with Gasteiger partial charge in [0.25, 0.3) is 0 Å². The van der Waals surface area contributed by atoms with Gasteiger partial charge in [-0.1, -0.05) is 47.0 Å². The zero-order valence-corrected chi connectivity index (χ0v) is 12.5. The van der Waals surface area contributed by atoms with E-state index in [9.17, 15) is 0 Å². The SMILES string of the molecule is CC.Cc1ccc(CCCCCC(C)C)s1. The minimum absolute atomic E-state index is 0.874. The highest BCUT2D eigenvalue weighted by Gasteiger charge is 1.97. The van der Waals surface area contributed by atoms with Gasteiger partial charge in [0.2, 0.25) is 0 Å². The van der Waals surface area contributed by atoms with E-state index in [2.05, 4.69) is 32.9 Å². The minimum atomic E-state index is 0.874. The third-order valence-corrected chi connectivity index (χ3v) is 3.56. The summed E-state index contributed by atoms with van der Waals surface area (Å²) in [5, 5.41) is 0. The topological polar surface area (TPSA) is 0 Å². The molecule has 1 heterocycles. The second-order valence-corrected chi connectivity index (χ2v) is 5.88. The number of hydrogen-bond donors (Lipinski definition) is 0. The molecular weight excluding hydrogens is 212 g/mol. The van der Waals surface area contributed by atoms with Crippen LogP contribution in [0.2, 0.25) is 0 Å². The molecule has 0 aliphatic rings. The summed E-state index contributed by atoms with van der Waals surface area (Å²) in [7, 11) is 0. The quantitative estimate of drug-likeness (QED) is 0.548. The van der Waals surface area contributed by atoms with E-state index in [1.807, 2.05) is 25.2 Å². The maximum absolute atomic E-state index is 2.31. The highest BCUT2D eigenvalue weighted by Crippen LogP contribution is 2.18. The van der Waals surface area contributed by atoms with Crippen molar-refractivity contribution in [2.45, 2.75) is 66.7 Å². The van der Waals surface area contributed by atoms with E-state index in [0.29, 0.717) is 0 Å². The molecule has 0 saturated heterocycles. The lowest BCUT2D eigenvalue weighted by Crippen LogP contribution is -1.88. The summed E-state index contributed by atoms with van der Waals surface area (Å²) in [6, 6.07) is 4.51. The van der Waals surface area contributed by atoms with Gasteiger partial charge in [0.15, 0.2) is 0 Å². The molecule has 0 aliphatic heterocycles. The molecule has 0 aliphatic carbocycles. The van der Waals surface area contributed by atoms with Crippen LogP contribution in [0.5, 0.6) is 0 Å². The average molecular weight is 240 g/mol. The number of hydrogen-bond acceptors (Lipinski definition) is 1. The predicted molar refractivity (Wildman–Crippen MR) is 77.4 cm³/mol. The Hall–Kier alpha value is -0.300. The summed E-state index contributed by atoms with van der Waals surface area (Å²) in [6.07, 6.45) is 6.85. The van der Waals surface area contributed by atoms with Crippen LogP contribution in [-0.2, 0) is 6.42 Å². The Morgan fingerprint density at radius 2 is 1.75 bits per heavy atom. The predicted octanol–water partition coefficient (Wildman–Crippen LogP) is 5.84. The Bertz CT molecular complexity index is 248. The van der Waals surface area contributed by atoms with Crippen molar-refractivity contribution in [3.63, 3.8) is 0 Å². The van der Waals surface area contributed by atoms with Gasteiger partial charge >= 0.3 is 0 Å². The van der Waals surface area contributed by atoms with E-state index in [4.69, 9.17) is 0 Å². The lowest BCUT2D eigenvalue weighted by Gasteiger charge is -2.03. The molecule has 0 unspecified atom stereocenters. The molecule has 1 aromatic rings. The first-order valence-electron chi connectivity index (χ1n) is 6.74. The van der Waals surface area contributed by atoms with Crippen LogP contribution in [0.15, 0.2) is 12.1 Å². The van der Waals surface area contributed by atoms with Gasteiger partial charge in [0.1, 0.15) is 0 Å². The van der Waals surface area contributed by atoms with E-state index >= 15 is 0 Å². The lowest BCUT2D eigenvalue weighted by molar-refractivity contribution is 0.528. The van der Waals surface area contributed by atoms with Crippen molar-refractivity contribution in [2.75, 3.05) is 0 Å². The Morgan fingerprint density at radius 3 is 2.25 bits per heavy atom. The van der Waals surface area contributed by atoms with Gasteiger partial charge in [-0.2, -0.15) is 0 Å². The Labute approximate surface area is 106 Å². The van der Waals surface area contributed by atoms with E-state index in [1.54, 1.807) is 4.88 Å². The van der Waals surface area contributed by atoms with E-state index in [0.717, 1.165) is 5.92 Å². The standard InChI is InChI=1S/C13H22S.C2H6/c1-11(2)7-5-4-6-8-13-10-9-12(3)14-13;1-2/h9-11H,4-8H2,1-3H3;1-2H3. The van der Waals surface area contributed by atoms with Crippen LogP contribution in [0.4, 0.5) is 0 Å². The van der Waals surface area contributed by atoms with Crippen molar-refractivity contribution in [3.05, 3.63) is 21.9 Å². The van der Waals surface area contributed by atoms with Crippen LogP contribution in [0.3, 0.4) is 0 Å². The molecular formula is C15H28S. The van der Waals surface area contributed by atoms with Crippen molar-refractivity contribution in [3.8, 4) is 0 Å². The second kappa shape index (κ2) is 9.89. The van der Waals surface area contributed by atoms with Crippen molar-refractivity contribution in [2.24, 2.45) is 5.92 Å². The van der Waals surface area contributed by atoms with E-state index in [1.165, 1.54) is 37.0 Å². The third-order valence-electron chi connectivity index (χ3n) is 2.50. The molecule has 16 heavy (non-hydrogen) atoms. The van der Waals surface area contributed by atoms with Crippen LogP contribution >= 0.6 is 11.3 Å². The Balaban J connectivity index is 0.00000106. The van der Waals surface area contributed by atoms with Gasteiger partial charge in [0, 0.05) is 9.75 Å². The smallest absolute Gasteiger partial charge is 0.00480 e. The molecule has 1 rings (SSSR count). The molecule has 0 fully saturated rings. The van der Waals surface area contributed by atoms with Crippen molar-refractivity contribution >= 4 is 11.3 Å². The third kappa shape index (κ3) is 7.92. The molecule has 0 nitrogen and oxygen atoms in total. The zero-order valence-electron chi connectivity index (χ0n) is 11.7. The fourth-order valence-electron chi connectivity index (χ4n) is 1.65. The molecule has 0 bridgehead atoms. The first-order valence-corrected chi connectivity index (χ1v) is 7.55. The maximum Gasteiger partial charge on any atom is 0.00480 e. The fourth-order valence-corrected chi connectivity index (χ4v) is 2.58. The summed E-state index contributed by atoms with van der Waals surface area (Å²) in [4.78, 5) is 3.01. The average Bonchev–Trinajstić information content (AvgIpc) is 2.66. The maximum atomic E-state index is 2.31. The molecule has 1 heteroatoms. The molecule has 0 spiro atoms. The van der Waals surface area contributed by atoms with Crippen LogP contribution in [0, 0.1) is 12.8 Å². The minimum Gasteiger partial charge on any atom is -0.146 e. The first-order chi connectivity index (χ1) is 7.68. The van der Waals surface area contributed by atoms with Gasteiger partial charge in [-0.05, 0) is 37.8 Å². The number of unbranched alkanes of at least 4 members (excludes halogenated alkanes) is 2. The van der Waals surface area contributed by atoms with Crippen molar-refractivity contribution < 1.29 is 0 Å². The Kier molecular flexibility index (Phi) is 9.71. The highest BCUT2D eigenvalue weighted by atomic mass is 32.1. The zero-order chi connectivity index (χ0) is 12.4. The van der Waals surface area contributed by atoms with Crippen LogP contribution in [-0.4, -0.2) is 0 Å². The van der Waals surface area contributed by atoms with Gasteiger partial charge in [-0.3, -0.25) is 0 Å². The fraction of sp³-hybridized carbons (Fsp3) is 0.733. The van der Waals surface area contributed by atoms with Gasteiger partial charge < -0.3 is 0 Å². The summed E-state index contributed by atoms with van der Waals surface area (Å²) in [5.74, 6) is 0.874.